The Balaban J connectivity index is 1.96. The molecule has 1 amide bonds. The van der Waals surface area contributed by atoms with E-state index in [2.05, 4.69) is 5.32 Å². The first-order valence-corrected chi connectivity index (χ1v) is 6.77. The molecule has 0 radical (unpaired) electrons. The standard InChI is InChI=1S/C17H17NO3/c1-3-16(19)13-6-10-15(11-7-13)21-17(20)18-14-8-4-12(2)5-9-14/h4-11H,3H2,1-2H3,(H,18,20). The average molecular weight is 283 g/mol. The SMILES string of the molecule is CCC(=O)c1ccc(OC(=O)Nc2ccc(C)cc2)cc1. The maximum Gasteiger partial charge on any atom is 0.417 e. The Hall–Kier alpha value is -2.62. The molecule has 2 aromatic rings. The summed E-state index contributed by atoms with van der Waals surface area (Å²) >= 11 is 0. The van der Waals surface area contributed by atoms with E-state index in [0.717, 1.165) is 5.56 Å². The van der Waals surface area contributed by atoms with Crippen molar-refractivity contribution in [3.8, 4) is 5.75 Å². The number of nitrogens with one attached hydrogen (secondary N) is 1. The minimum Gasteiger partial charge on any atom is -0.410 e. The second kappa shape index (κ2) is 6.70. The first-order chi connectivity index (χ1) is 10.1. The molecule has 0 heterocycles. The van der Waals surface area contributed by atoms with Crippen molar-refractivity contribution in [1.29, 1.82) is 0 Å². The van der Waals surface area contributed by atoms with E-state index in [-0.39, 0.29) is 5.78 Å². The number of rotatable bonds is 4. The van der Waals surface area contributed by atoms with E-state index in [1.807, 2.05) is 26.0 Å². The number of carbonyl (C=O) groups excluding carboxylic acids is 2. The second-order valence-electron chi connectivity index (χ2n) is 4.68. The number of hydrogen-bond donors (Lipinski definition) is 1. The lowest BCUT2D eigenvalue weighted by Gasteiger charge is -2.07. The lowest BCUT2D eigenvalue weighted by Crippen LogP contribution is -2.16. The van der Waals surface area contributed by atoms with Gasteiger partial charge in [0.25, 0.3) is 0 Å². The fraction of sp³-hybridized carbons (Fsp3) is 0.176. The Labute approximate surface area is 123 Å². The van der Waals surface area contributed by atoms with Crippen molar-refractivity contribution in [3.63, 3.8) is 0 Å². The van der Waals surface area contributed by atoms with Gasteiger partial charge in [-0.25, -0.2) is 4.79 Å². The third-order valence-corrected chi connectivity index (χ3v) is 3.01. The molecule has 0 aliphatic rings. The number of benzene rings is 2. The van der Waals surface area contributed by atoms with Crippen LogP contribution in [0.2, 0.25) is 0 Å². The van der Waals surface area contributed by atoms with E-state index in [1.54, 1.807) is 36.4 Å². The minimum absolute atomic E-state index is 0.0608. The monoisotopic (exact) mass is 283 g/mol. The molecule has 0 aromatic heterocycles. The summed E-state index contributed by atoms with van der Waals surface area (Å²) in [6.07, 6.45) is -0.109. The Bertz CT molecular complexity index is 630. The van der Waals surface area contributed by atoms with E-state index in [1.165, 1.54) is 0 Å². The number of anilines is 1. The summed E-state index contributed by atoms with van der Waals surface area (Å²) in [5, 5.41) is 2.64. The third-order valence-electron chi connectivity index (χ3n) is 3.01. The predicted molar refractivity (Wildman–Crippen MR) is 81.9 cm³/mol. The van der Waals surface area contributed by atoms with Crippen LogP contribution in [0.25, 0.3) is 0 Å². The van der Waals surface area contributed by atoms with Gasteiger partial charge in [0.05, 0.1) is 0 Å². The van der Waals surface area contributed by atoms with Crippen LogP contribution in [0.15, 0.2) is 48.5 Å². The highest BCUT2D eigenvalue weighted by molar-refractivity contribution is 5.96. The summed E-state index contributed by atoms with van der Waals surface area (Å²) in [6.45, 7) is 3.78. The Kier molecular flexibility index (Phi) is 4.72. The van der Waals surface area contributed by atoms with Crippen molar-refractivity contribution in [2.75, 3.05) is 5.32 Å². The number of hydrogen-bond acceptors (Lipinski definition) is 3. The zero-order valence-corrected chi connectivity index (χ0v) is 12.1. The highest BCUT2D eigenvalue weighted by atomic mass is 16.6. The van der Waals surface area contributed by atoms with Crippen molar-refractivity contribution < 1.29 is 14.3 Å². The highest BCUT2D eigenvalue weighted by Gasteiger charge is 2.07. The zero-order valence-electron chi connectivity index (χ0n) is 12.1. The van der Waals surface area contributed by atoms with Crippen molar-refractivity contribution in [3.05, 3.63) is 59.7 Å². The fourth-order valence-corrected chi connectivity index (χ4v) is 1.80. The number of Topliss-reactive ketones (excluding diaryl/α,β-unsaturated/α-hetero) is 1. The fourth-order valence-electron chi connectivity index (χ4n) is 1.80. The number of aryl methyl sites for hydroxylation is 1. The molecule has 0 atom stereocenters. The van der Waals surface area contributed by atoms with Crippen LogP contribution in [0.5, 0.6) is 5.75 Å². The van der Waals surface area contributed by atoms with Crippen molar-refractivity contribution >= 4 is 17.6 Å². The minimum atomic E-state index is -0.562. The van der Waals surface area contributed by atoms with Crippen LogP contribution < -0.4 is 10.1 Å². The molecular weight excluding hydrogens is 266 g/mol. The van der Waals surface area contributed by atoms with Gasteiger partial charge in [0.1, 0.15) is 5.75 Å². The molecule has 21 heavy (non-hydrogen) atoms. The van der Waals surface area contributed by atoms with Gasteiger partial charge in [-0.05, 0) is 43.3 Å². The average Bonchev–Trinajstić information content (AvgIpc) is 2.49. The number of carbonyl (C=O) groups is 2. The molecule has 0 fully saturated rings. The van der Waals surface area contributed by atoms with Crippen molar-refractivity contribution in [2.24, 2.45) is 0 Å². The Morgan fingerprint density at radius 1 is 1.00 bits per heavy atom. The number of amides is 1. The lowest BCUT2D eigenvalue weighted by molar-refractivity contribution is 0.0988. The van der Waals surface area contributed by atoms with Crippen LogP contribution in [0, 0.1) is 6.92 Å². The quantitative estimate of drug-likeness (QED) is 0.856. The number of ether oxygens (including phenoxy) is 1. The molecule has 1 N–H and O–H groups in total. The second-order valence-corrected chi connectivity index (χ2v) is 4.68. The van der Waals surface area contributed by atoms with Gasteiger partial charge in [0, 0.05) is 17.7 Å². The van der Waals surface area contributed by atoms with Gasteiger partial charge in [-0.1, -0.05) is 24.6 Å². The van der Waals surface area contributed by atoms with Crippen LogP contribution in [0.3, 0.4) is 0 Å². The van der Waals surface area contributed by atoms with Gasteiger partial charge in [-0.2, -0.15) is 0 Å². The van der Waals surface area contributed by atoms with Gasteiger partial charge < -0.3 is 4.74 Å². The first kappa shape index (κ1) is 14.8. The molecule has 0 aliphatic heterocycles. The summed E-state index contributed by atoms with van der Waals surface area (Å²) < 4.78 is 5.16. The molecular formula is C17H17NO3. The van der Waals surface area contributed by atoms with Crippen LogP contribution in [-0.2, 0) is 0 Å². The maximum absolute atomic E-state index is 11.7. The summed E-state index contributed by atoms with van der Waals surface area (Å²) in [5.41, 5.74) is 2.40. The zero-order chi connectivity index (χ0) is 15.2. The molecule has 0 saturated heterocycles. The van der Waals surface area contributed by atoms with E-state index < -0.39 is 6.09 Å². The molecule has 4 heteroatoms. The summed E-state index contributed by atoms with van der Waals surface area (Å²) in [5.74, 6) is 0.456. The van der Waals surface area contributed by atoms with Crippen LogP contribution in [0.1, 0.15) is 29.3 Å². The van der Waals surface area contributed by atoms with Crippen LogP contribution in [0.4, 0.5) is 10.5 Å². The summed E-state index contributed by atoms with van der Waals surface area (Å²) in [7, 11) is 0. The largest absolute Gasteiger partial charge is 0.417 e. The molecule has 2 aromatic carbocycles. The topological polar surface area (TPSA) is 55.4 Å². The smallest absolute Gasteiger partial charge is 0.410 e. The maximum atomic E-state index is 11.7. The molecule has 0 saturated carbocycles. The van der Waals surface area contributed by atoms with Gasteiger partial charge in [0.15, 0.2) is 5.78 Å². The van der Waals surface area contributed by atoms with Gasteiger partial charge >= 0.3 is 6.09 Å². The van der Waals surface area contributed by atoms with Crippen LogP contribution in [-0.4, -0.2) is 11.9 Å². The van der Waals surface area contributed by atoms with Crippen molar-refractivity contribution in [2.45, 2.75) is 20.3 Å². The normalized spacial score (nSPS) is 10.0. The predicted octanol–water partition coefficient (Wildman–Crippen LogP) is 4.20. The molecule has 0 spiro atoms. The first-order valence-electron chi connectivity index (χ1n) is 6.77. The lowest BCUT2D eigenvalue weighted by atomic mass is 10.1. The molecule has 2 rings (SSSR count). The Morgan fingerprint density at radius 3 is 2.19 bits per heavy atom. The summed E-state index contributed by atoms with van der Waals surface area (Å²) in [6, 6.07) is 13.9. The Morgan fingerprint density at radius 2 is 1.62 bits per heavy atom. The number of ketones is 1. The van der Waals surface area contributed by atoms with E-state index >= 15 is 0 Å². The molecule has 108 valence electrons. The van der Waals surface area contributed by atoms with Gasteiger partial charge in [-0.15, -0.1) is 0 Å². The summed E-state index contributed by atoms with van der Waals surface area (Å²) in [4.78, 5) is 23.2. The van der Waals surface area contributed by atoms with Crippen molar-refractivity contribution in [1.82, 2.24) is 0 Å². The van der Waals surface area contributed by atoms with E-state index in [0.29, 0.717) is 23.4 Å². The van der Waals surface area contributed by atoms with E-state index in [4.69, 9.17) is 4.74 Å². The van der Waals surface area contributed by atoms with Crippen LogP contribution >= 0.6 is 0 Å². The molecule has 0 aliphatic carbocycles. The highest BCUT2D eigenvalue weighted by Crippen LogP contribution is 2.15. The van der Waals surface area contributed by atoms with E-state index in [9.17, 15) is 9.59 Å². The molecule has 0 unspecified atom stereocenters. The van der Waals surface area contributed by atoms with Gasteiger partial charge in [0.2, 0.25) is 0 Å². The van der Waals surface area contributed by atoms with Gasteiger partial charge in [-0.3, -0.25) is 10.1 Å². The molecule has 0 bridgehead atoms. The third kappa shape index (κ3) is 4.18. The molecule has 4 nitrogen and oxygen atoms in total.